The average Bonchev–Trinajstić information content (AvgIpc) is 3.47. The lowest BCUT2D eigenvalue weighted by Gasteiger charge is -2.44. The van der Waals surface area contributed by atoms with Crippen LogP contribution in [0.3, 0.4) is 0 Å². The predicted molar refractivity (Wildman–Crippen MR) is 194 cm³/mol. The third-order valence-electron chi connectivity index (χ3n) is 11.0. The third-order valence-corrected chi connectivity index (χ3v) is 24.5. The molecule has 9 nitrogen and oxygen atoms in total. The van der Waals surface area contributed by atoms with Crippen LogP contribution in [0.2, 0.25) is 54.4 Å². The van der Waals surface area contributed by atoms with Gasteiger partial charge in [-0.1, -0.05) is 68.4 Å². The monoisotopic (exact) mass is 704 g/mol. The molecular weight excluding hydrogens is 648 g/mol. The minimum Gasteiger partial charge on any atom is -0.414 e. The van der Waals surface area contributed by atoms with E-state index in [4.69, 9.17) is 18.0 Å². The van der Waals surface area contributed by atoms with Gasteiger partial charge in [-0.3, -0.25) is 13.9 Å². The molecule has 1 fully saturated rings. The molecule has 3 heterocycles. The van der Waals surface area contributed by atoms with Crippen molar-refractivity contribution in [1.82, 2.24) is 19.1 Å². The van der Waals surface area contributed by atoms with Gasteiger partial charge in [0.05, 0.1) is 18.6 Å². The van der Waals surface area contributed by atoms with Crippen molar-refractivity contribution in [3.05, 3.63) is 53.1 Å². The molecule has 2 aromatic heterocycles. The van der Waals surface area contributed by atoms with E-state index < -0.39 is 60.9 Å². The predicted octanol–water partition coefficient (Wildman–Crippen LogP) is 8.42. The van der Waals surface area contributed by atoms with Crippen molar-refractivity contribution in [2.45, 2.75) is 141 Å². The average molecular weight is 705 g/mol. The number of hydrogen-bond donors (Lipinski definition) is 0. The smallest absolute Gasteiger partial charge is 0.286 e. The van der Waals surface area contributed by atoms with Crippen molar-refractivity contribution < 1.29 is 22.4 Å². The molecule has 1 aliphatic rings. The summed E-state index contributed by atoms with van der Waals surface area (Å²) in [5.41, 5.74) is 0.509. The number of fused-ring (bicyclic) bond motifs is 1. The number of hydrogen-bond acceptors (Lipinski definition) is 7. The van der Waals surface area contributed by atoms with E-state index in [-0.39, 0.29) is 20.6 Å². The molecular formula is C34H57FN4O5Si3. The summed E-state index contributed by atoms with van der Waals surface area (Å²) in [6.45, 7) is 33.8. The SMILES string of the molecule is CC(C)(C)[Si](C)(C)OC[C@H]1O[C@@H](n2cnc3c(=O)n(-c4cccc(F)c4)cnc32)[C@H](O[Si](C)(C)C(C)(C)C)[C@@H]1O[Si](C)(C)C(C)(C)C. The molecule has 13 heteroatoms. The molecule has 262 valence electrons. The minimum absolute atomic E-state index is 0.0177. The normalized spacial score (nSPS) is 22.0. The molecule has 0 saturated carbocycles. The van der Waals surface area contributed by atoms with Crippen LogP contribution in [0.1, 0.15) is 68.5 Å². The summed E-state index contributed by atoms with van der Waals surface area (Å²) in [7, 11) is -6.84. The molecule has 0 radical (unpaired) electrons. The molecule has 1 saturated heterocycles. The first-order chi connectivity index (χ1) is 21.3. The molecule has 0 amide bonds. The van der Waals surface area contributed by atoms with Gasteiger partial charge in [-0.05, 0) is 72.6 Å². The summed E-state index contributed by atoms with van der Waals surface area (Å²) in [5.74, 6) is -0.441. The van der Waals surface area contributed by atoms with Crippen molar-refractivity contribution in [3.8, 4) is 5.69 Å². The van der Waals surface area contributed by atoms with Crippen LogP contribution in [-0.4, -0.2) is 69.0 Å². The van der Waals surface area contributed by atoms with Crippen molar-refractivity contribution in [2.75, 3.05) is 6.61 Å². The molecule has 3 aromatic rings. The van der Waals surface area contributed by atoms with E-state index >= 15 is 0 Å². The Morgan fingerprint density at radius 2 is 1.36 bits per heavy atom. The first-order valence-electron chi connectivity index (χ1n) is 16.6. The fourth-order valence-corrected chi connectivity index (χ4v) is 8.40. The van der Waals surface area contributed by atoms with E-state index in [2.05, 4.69) is 112 Å². The van der Waals surface area contributed by atoms with E-state index in [0.717, 1.165) is 0 Å². The summed E-state index contributed by atoms with van der Waals surface area (Å²) in [6.07, 6.45) is 0.977. The van der Waals surface area contributed by atoms with Gasteiger partial charge >= 0.3 is 0 Å². The molecule has 0 aliphatic carbocycles. The standard InChI is InChI=1S/C34H57FN4O5Si3/c1-32(2,3)45(10,11)41-20-25-27(43-46(12,13)33(4,5)6)28(44-47(14,15)34(7,8)9)31(42-25)39-21-36-26-29(39)37-22-38(30(26)40)24-18-16-17-23(35)19-24/h16-19,21-22,25,27-28,31H,20H2,1-15H3/t25-,27-,28-,31-/m1/s1. The Morgan fingerprint density at radius 1 is 0.809 bits per heavy atom. The topological polar surface area (TPSA) is 89.6 Å². The lowest BCUT2D eigenvalue weighted by Crippen LogP contribution is -2.54. The first kappa shape index (κ1) is 37.8. The van der Waals surface area contributed by atoms with Crippen LogP contribution < -0.4 is 5.56 Å². The van der Waals surface area contributed by atoms with Gasteiger partial charge in [0, 0.05) is 0 Å². The van der Waals surface area contributed by atoms with Crippen LogP contribution in [0.4, 0.5) is 4.39 Å². The van der Waals surface area contributed by atoms with Crippen molar-refractivity contribution in [3.63, 3.8) is 0 Å². The zero-order valence-corrected chi connectivity index (χ0v) is 34.2. The summed E-state index contributed by atoms with van der Waals surface area (Å²) in [5, 5.41) is -0.116. The largest absolute Gasteiger partial charge is 0.414 e. The highest BCUT2D eigenvalue weighted by molar-refractivity contribution is 6.75. The molecule has 47 heavy (non-hydrogen) atoms. The molecule has 0 N–H and O–H groups in total. The molecule has 1 aliphatic heterocycles. The summed E-state index contributed by atoms with van der Waals surface area (Å²) < 4.78 is 45.4. The minimum atomic E-state index is -2.38. The Bertz CT molecular complexity index is 1640. The van der Waals surface area contributed by atoms with Crippen LogP contribution in [0, 0.1) is 5.82 Å². The highest BCUT2D eigenvalue weighted by Crippen LogP contribution is 2.46. The van der Waals surface area contributed by atoms with Gasteiger partial charge in [-0.2, -0.15) is 0 Å². The second-order valence-corrected chi connectivity index (χ2v) is 31.9. The second kappa shape index (κ2) is 12.7. The number of halogens is 1. The highest BCUT2D eigenvalue weighted by atomic mass is 28.4. The Hall–Kier alpha value is -2.01. The van der Waals surface area contributed by atoms with Gasteiger partial charge in [0.2, 0.25) is 0 Å². The summed E-state index contributed by atoms with van der Waals surface area (Å²) >= 11 is 0. The fourth-order valence-electron chi connectivity index (χ4n) is 4.78. The van der Waals surface area contributed by atoms with E-state index in [0.29, 0.717) is 17.9 Å². The zero-order chi connectivity index (χ0) is 35.5. The number of aromatic nitrogens is 4. The maximum absolute atomic E-state index is 14.0. The quantitative estimate of drug-likeness (QED) is 0.207. The van der Waals surface area contributed by atoms with E-state index in [1.165, 1.54) is 23.0 Å². The van der Waals surface area contributed by atoms with Crippen molar-refractivity contribution >= 4 is 36.1 Å². The second-order valence-electron chi connectivity index (χ2n) is 17.5. The van der Waals surface area contributed by atoms with Crippen LogP contribution in [0.5, 0.6) is 0 Å². The Kier molecular flexibility index (Phi) is 10.2. The molecule has 0 bridgehead atoms. The van der Waals surface area contributed by atoms with E-state index in [1.54, 1.807) is 23.0 Å². The van der Waals surface area contributed by atoms with Crippen molar-refractivity contribution in [2.24, 2.45) is 0 Å². The maximum atomic E-state index is 14.0. The van der Waals surface area contributed by atoms with E-state index in [9.17, 15) is 9.18 Å². The zero-order valence-electron chi connectivity index (χ0n) is 31.2. The van der Waals surface area contributed by atoms with Crippen molar-refractivity contribution in [1.29, 1.82) is 0 Å². The van der Waals surface area contributed by atoms with Gasteiger partial charge in [0.1, 0.15) is 30.5 Å². The van der Waals surface area contributed by atoms with Crippen LogP contribution in [-0.2, 0) is 18.0 Å². The maximum Gasteiger partial charge on any atom is 0.286 e. The Labute approximate surface area is 283 Å². The number of ether oxygens (including phenoxy) is 1. The van der Waals surface area contributed by atoms with Crippen LogP contribution in [0.15, 0.2) is 41.7 Å². The molecule has 4 rings (SSSR count). The van der Waals surface area contributed by atoms with Gasteiger partial charge in [-0.15, -0.1) is 0 Å². The van der Waals surface area contributed by atoms with E-state index in [1.807, 2.05) is 0 Å². The Balaban J connectivity index is 1.86. The number of benzene rings is 1. The van der Waals surface area contributed by atoms with Gasteiger partial charge in [0.15, 0.2) is 42.3 Å². The number of rotatable bonds is 9. The lowest BCUT2D eigenvalue weighted by molar-refractivity contribution is -0.0470. The number of imidazole rings is 1. The number of nitrogens with zero attached hydrogens (tertiary/aromatic N) is 4. The molecule has 1 aromatic carbocycles. The summed E-state index contributed by atoms with van der Waals surface area (Å²) in [4.78, 5) is 22.9. The van der Waals surface area contributed by atoms with Gasteiger partial charge < -0.3 is 18.0 Å². The Morgan fingerprint density at radius 3 is 1.89 bits per heavy atom. The molecule has 0 spiro atoms. The van der Waals surface area contributed by atoms with Gasteiger partial charge in [0.25, 0.3) is 5.56 Å². The fraction of sp³-hybridized carbons (Fsp3) is 0.676. The highest BCUT2D eigenvalue weighted by Gasteiger charge is 2.55. The molecule has 4 atom stereocenters. The van der Waals surface area contributed by atoms with Gasteiger partial charge in [-0.25, -0.2) is 14.4 Å². The van der Waals surface area contributed by atoms with Crippen LogP contribution >= 0.6 is 0 Å². The summed E-state index contributed by atoms with van der Waals surface area (Å²) in [6, 6.07) is 5.85. The third kappa shape index (κ3) is 7.61. The lowest BCUT2D eigenvalue weighted by atomic mass is 10.1. The van der Waals surface area contributed by atoms with Crippen LogP contribution in [0.25, 0.3) is 16.9 Å². The molecule has 0 unspecified atom stereocenters. The first-order valence-corrected chi connectivity index (χ1v) is 25.4.